The molecule has 0 spiro atoms. The van der Waals surface area contributed by atoms with E-state index in [1.807, 2.05) is 20.0 Å². The van der Waals surface area contributed by atoms with Gasteiger partial charge in [0.2, 0.25) is 0 Å². The first kappa shape index (κ1) is 16.0. The minimum Gasteiger partial charge on any atom is -0.377 e. The summed E-state index contributed by atoms with van der Waals surface area (Å²) in [5.41, 5.74) is -0.108. The standard InChI is InChI=1S/C15H26N4O2/c1-5-21-10-13-17-12(16-3)9-14(18-13)19-8-6-7-15(2,11-19)20-4/h9H,5-8,10-11H2,1-4H3,(H,16,17,18). The Morgan fingerprint density at radius 1 is 1.43 bits per heavy atom. The highest BCUT2D eigenvalue weighted by Gasteiger charge is 2.31. The summed E-state index contributed by atoms with van der Waals surface area (Å²) in [6.07, 6.45) is 2.18. The topological polar surface area (TPSA) is 59.5 Å². The lowest BCUT2D eigenvalue weighted by atomic mass is 9.95. The molecule has 2 rings (SSSR count). The molecular formula is C15H26N4O2. The first-order valence-electron chi connectivity index (χ1n) is 7.54. The van der Waals surface area contributed by atoms with E-state index in [2.05, 4.69) is 27.1 Å². The van der Waals surface area contributed by atoms with Gasteiger partial charge in [-0.2, -0.15) is 0 Å². The third-order valence-corrected chi connectivity index (χ3v) is 3.93. The molecule has 0 saturated carbocycles. The SMILES string of the molecule is CCOCc1nc(NC)cc(N2CCCC(C)(OC)C2)n1. The van der Waals surface area contributed by atoms with Crippen LogP contribution in [0.15, 0.2) is 6.07 Å². The summed E-state index contributed by atoms with van der Waals surface area (Å²) in [5.74, 6) is 2.47. The second kappa shape index (κ2) is 7.04. The minimum absolute atomic E-state index is 0.108. The van der Waals surface area contributed by atoms with E-state index in [1.165, 1.54) is 0 Å². The van der Waals surface area contributed by atoms with Gasteiger partial charge < -0.3 is 19.7 Å². The Bertz CT molecular complexity index is 469. The molecule has 1 aromatic heterocycles. The Morgan fingerprint density at radius 2 is 2.24 bits per heavy atom. The predicted octanol–water partition coefficient (Wildman–Crippen LogP) is 2.06. The normalized spacial score (nSPS) is 22.4. The van der Waals surface area contributed by atoms with Gasteiger partial charge in [-0.25, -0.2) is 9.97 Å². The van der Waals surface area contributed by atoms with Crippen LogP contribution in [-0.2, 0) is 16.1 Å². The maximum atomic E-state index is 5.66. The maximum Gasteiger partial charge on any atom is 0.158 e. The summed E-state index contributed by atoms with van der Waals surface area (Å²) in [6, 6.07) is 1.98. The Hall–Kier alpha value is -1.40. The molecule has 1 aliphatic heterocycles. The van der Waals surface area contributed by atoms with Crippen LogP contribution < -0.4 is 10.2 Å². The molecule has 0 radical (unpaired) electrons. The molecule has 1 atom stereocenters. The molecule has 1 aromatic rings. The second-order valence-corrected chi connectivity index (χ2v) is 5.59. The van der Waals surface area contributed by atoms with E-state index in [0.29, 0.717) is 19.0 Å². The van der Waals surface area contributed by atoms with Crippen LogP contribution in [0.25, 0.3) is 0 Å². The van der Waals surface area contributed by atoms with Crippen LogP contribution in [0.4, 0.5) is 11.6 Å². The van der Waals surface area contributed by atoms with Crippen molar-refractivity contribution in [2.75, 3.05) is 44.1 Å². The van der Waals surface area contributed by atoms with Crippen molar-refractivity contribution in [3.63, 3.8) is 0 Å². The fraction of sp³-hybridized carbons (Fsp3) is 0.733. The number of nitrogens with one attached hydrogen (secondary N) is 1. The average Bonchev–Trinajstić information content (AvgIpc) is 2.52. The molecule has 6 nitrogen and oxygen atoms in total. The zero-order valence-corrected chi connectivity index (χ0v) is 13.5. The van der Waals surface area contributed by atoms with Gasteiger partial charge in [-0.3, -0.25) is 0 Å². The average molecular weight is 294 g/mol. The lowest BCUT2D eigenvalue weighted by Gasteiger charge is -2.40. The van der Waals surface area contributed by atoms with Crippen molar-refractivity contribution in [2.45, 2.75) is 38.9 Å². The molecule has 1 unspecified atom stereocenters. The number of methoxy groups -OCH3 is 1. The third-order valence-electron chi connectivity index (χ3n) is 3.93. The highest BCUT2D eigenvalue weighted by molar-refractivity contribution is 5.49. The number of piperidine rings is 1. The van der Waals surface area contributed by atoms with Crippen molar-refractivity contribution in [3.05, 3.63) is 11.9 Å². The largest absolute Gasteiger partial charge is 0.377 e. The number of rotatable bonds is 6. The summed E-state index contributed by atoms with van der Waals surface area (Å²) < 4.78 is 11.1. The van der Waals surface area contributed by atoms with Gasteiger partial charge in [0, 0.05) is 39.9 Å². The van der Waals surface area contributed by atoms with E-state index in [-0.39, 0.29) is 5.60 Å². The molecule has 1 saturated heterocycles. The minimum atomic E-state index is -0.108. The molecule has 1 fully saturated rings. The van der Waals surface area contributed by atoms with E-state index in [0.717, 1.165) is 37.6 Å². The van der Waals surface area contributed by atoms with Crippen molar-refractivity contribution in [1.82, 2.24) is 9.97 Å². The highest BCUT2D eigenvalue weighted by Crippen LogP contribution is 2.28. The van der Waals surface area contributed by atoms with Crippen LogP contribution in [0.2, 0.25) is 0 Å². The lowest BCUT2D eigenvalue weighted by molar-refractivity contribution is -0.00483. The first-order chi connectivity index (χ1) is 10.1. The molecule has 0 aliphatic carbocycles. The zero-order chi connectivity index (χ0) is 15.3. The highest BCUT2D eigenvalue weighted by atomic mass is 16.5. The third kappa shape index (κ3) is 4.04. The van der Waals surface area contributed by atoms with Gasteiger partial charge in [-0.05, 0) is 26.7 Å². The van der Waals surface area contributed by atoms with Gasteiger partial charge in [0.25, 0.3) is 0 Å². The zero-order valence-electron chi connectivity index (χ0n) is 13.5. The summed E-state index contributed by atoms with van der Waals surface area (Å²) in [7, 11) is 3.65. The lowest BCUT2D eigenvalue weighted by Crippen LogP contribution is -2.47. The monoisotopic (exact) mass is 294 g/mol. The Labute approximate surface area is 126 Å². The van der Waals surface area contributed by atoms with Gasteiger partial charge >= 0.3 is 0 Å². The van der Waals surface area contributed by atoms with Gasteiger partial charge in [0.15, 0.2) is 5.82 Å². The van der Waals surface area contributed by atoms with Crippen LogP contribution in [-0.4, -0.2) is 49.4 Å². The summed E-state index contributed by atoms with van der Waals surface area (Å²) >= 11 is 0. The van der Waals surface area contributed by atoms with Crippen LogP contribution in [0.1, 0.15) is 32.5 Å². The Morgan fingerprint density at radius 3 is 2.90 bits per heavy atom. The van der Waals surface area contributed by atoms with Gasteiger partial charge in [-0.15, -0.1) is 0 Å². The predicted molar refractivity (Wildman–Crippen MR) is 83.8 cm³/mol. The van der Waals surface area contributed by atoms with Crippen LogP contribution in [0, 0.1) is 0 Å². The number of ether oxygens (including phenoxy) is 2. The molecule has 1 N–H and O–H groups in total. The van der Waals surface area contributed by atoms with Gasteiger partial charge in [0.1, 0.15) is 18.2 Å². The van der Waals surface area contributed by atoms with E-state index in [9.17, 15) is 0 Å². The van der Waals surface area contributed by atoms with Gasteiger partial charge in [-0.1, -0.05) is 0 Å². The van der Waals surface area contributed by atoms with Crippen molar-refractivity contribution in [2.24, 2.45) is 0 Å². The molecule has 0 aromatic carbocycles. The van der Waals surface area contributed by atoms with Crippen molar-refractivity contribution in [1.29, 1.82) is 0 Å². The molecule has 2 heterocycles. The number of aromatic nitrogens is 2. The summed E-state index contributed by atoms with van der Waals surface area (Å²) in [5, 5.41) is 3.09. The number of hydrogen-bond donors (Lipinski definition) is 1. The van der Waals surface area contributed by atoms with Gasteiger partial charge in [0.05, 0.1) is 5.60 Å². The Kier molecular flexibility index (Phi) is 5.36. The molecule has 118 valence electrons. The summed E-state index contributed by atoms with van der Waals surface area (Å²) in [6.45, 7) is 7.06. The molecular weight excluding hydrogens is 268 g/mol. The number of hydrogen-bond acceptors (Lipinski definition) is 6. The van der Waals surface area contributed by atoms with Crippen LogP contribution in [0.5, 0.6) is 0 Å². The molecule has 0 amide bonds. The molecule has 6 heteroatoms. The first-order valence-corrected chi connectivity index (χ1v) is 7.54. The number of nitrogens with zero attached hydrogens (tertiary/aromatic N) is 3. The van der Waals surface area contributed by atoms with Crippen molar-refractivity contribution < 1.29 is 9.47 Å². The Balaban J connectivity index is 2.21. The van der Waals surface area contributed by atoms with Crippen molar-refractivity contribution in [3.8, 4) is 0 Å². The smallest absolute Gasteiger partial charge is 0.158 e. The fourth-order valence-corrected chi connectivity index (χ4v) is 2.60. The van der Waals surface area contributed by atoms with Crippen molar-refractivity contribution >= 4 is 11.6 Å². The second-order valence-electron chi connectivity index (χ2n) is 5.59. The van der Waals surface area contributed by atoms with Crippen LogP contribution >= 0.6 is 0 Å². The number of anilines is 2. The van der Waals surface area contributed by atoms with E-state index < -0.39 is 0 Å². The summed E-state index contributed by atoms with van der Waals surface area (Å²) in [4.78, 5) is 11.3. The maximum absolute atomic E-state index is 5.66. The van der Waals surface area contributed by atoms with Crippen LogP contribution in [0.3, 0.4) is 0 Å². The van der Waals surface area contributed by atoms with E-state index in [1.54, 1.807) is 7.11 Å². The molecule has 1 aliphatic rings. The quantitative estimate of drug-likeness (QED) is 0.866. The fourth-order valence-electron chi connectivity index (χ4n) is 2.60. The molecule has 21 heavy (non-hydrogen) atoms. The van der Waals surface area contributed by atoms with E-state index in [4.69, 9.17) is 9.47 Å². The van der Waals surface area contributed by atoms with E-state index >= 15 is 0 Å². The molecule has 0 bridgehead atoms.